The van der Waals surface area contributed by atoms with Crippen molar-refractivity contribution >= 4 is 39.5 Å². The summed E-state index contributed by atoms with van der Waals surface area (Å²) in [6, 6.07) is 10.8. The van der Waals surface area contributed by atoms with Crippen molar-refractivity contribution in [1.82, 2.24) is 14.5 Å². The van der Waals surface area contributed by atoms with Gasteiger partial charge < -0.3 is 14.2 Å². The molecular formula is C19H15F2IN4O. The van der Waals surface area contributed by atoms with Gasteiger partial charge in [-0.2, -0.15) is 8.78 Å². The van der Waals surface area contributed by atoms with E-state index in [1.807, 2.05) is 24.1 Å². The summed E-state index contributed by atoms with van der Waals surface area (Å²) in [7, 11) is 1.86. The fourth-order valence-corrected chi connectivity index (χ4v) is 4.76. The van der Waals surface area contributed by atoms with Gasteiger partial charge in [-0.05, 0) is 46.9 Å². The van der Waals surface area contributed by atoms with E-state index in [2.05, 4.69) is 33.2 Å². The van der Waals surface area contributed by atoms with Crippen molar-refractivity contribution in [1.29, 1.82) is 5.41 Å². The third-order valence-corrected chi connectivity index (χ3v) is 6.10. The molecule has 8 heteroatoms. The van der Waals surface area contributed by atoms with Crippen LogP contribution in [0.2, 0.25) is 0 Å². The number of aromatic nitrogens is 2. The molecule has 0 aliphatic carbocycles. The minimum absolute atomic E-state index is 0.0839. The first kappa shape index (κ1) is 16.9. The molecule has 0 spiro atoms. The van der Waals surface area contributed by atoms with Gasteiger partial charge in [-0.1, -0.05) is 12.1 Å². The van der Waals surface area contributed by atoms with E-state index in [0.29, 0.717) is 23.4 Å². The first-order chi connectivity index (χ1) is 13.0. The van der Waals surface area contributed by atoms with Gasteiger partial charge in [0.25, 0.3) is 0 Å². The second kappa shape index (κ2) is 5.88. The lowest BCUT2D eigenvalue weighted by Crippen LogP contribution is -2.30. The zero-order valence-electron chi connectivity index (χ0n) is 14.3. The fourth-order valence-electron chi connectivity index (χ4n) is 4.29. The van der Waals surface area contributed by atoms with Crippen LogP contribution in [0.1, 0.15) is 35.5 Å². The quantitative estimate of drug-likeness (QED) is 0.548. The Hall–Kier alpha value is -2.23. The van der Waals surface area contributed by atoms with E-state index in [1.165, 1.54) is 0 Å². The molecule has 2 aromatic carbocycles. The van der Waals surface area contributed by atoms with Crippen molar-refractivity contribution < 1.29 is 13.5 Å². The summed E-state index contributed by atoms with van der Waals surface area (Å²) in [4.78, 5) is 6.68. The van der Waals surface area contributed by atoms with Gasteiger partial charge in [0.05, 0.1) is 23.1 Å². The molecule has 0 fully saturated rings. The molecule has 5 rings (SSSR count). The number of ether oxygens (including phenoxy) is 1. The molecule has 2 atom stereocenters. The molecule has 27 heavy (non-hydrogen) atoms. The summed E-state index contributed by atoms with van der Waals surface area (Å²) in [5.74, 6) is 1.29. The summed E-state index contributed by atoms with van der Waals surface area (Å²) < 4.78 is 34.1. The minimum atomic E-state index is -2.91. The number of fused-ring (bicyclic) bond motifs is 9. The third kappa shape index (κ3) is 2.38. The number of nitrogens with zero attached hydrogens (tertiary/aromatic N) is 3. The monoisotopic (exact) mass is 480 g/mol. The molecule has 0 unspecified atom stereocenters. The zero-order chi connectivity index (χ0) is 18.9. The topological polar surface area (TPSA) is 54.1 Å². The Kier molecular flexibility index (Phi) is 3.68. The number of rotatable bonds is 2. The van der Waals surface area contributed by atoms with Crippen LogP contribution in [0.15, 0.2) is 36.4 Å². The van der Waals surface area contributed by atoms with Crippen LogP contribution in [-0.2, 0) is 0 Å². The number of amidine groups is 1. The summed E-state index contributed by atoms with van der Waals surface area (Å²) in [5.41, 5.74) is 3.11. The van der Waals surface area contributed by atoms with E-state index >= 15 is 0 Å². The Balaban J connectivity index is 1.82. The van der Waals surface area contributed by atoms with E-state index in [0.717, 1.165) is 20.4 Å². The molecule has 2 bridgehead atoms. The lowest BCUT2D eigenvalue weighted by Gasteiger charge is -2.26. The molecule has 138 valence electrons. The van der Waals surface area contributed by atoms with Crippen LogP contribution in [-0.4, -0.2) is 33.9 Å². The maximum absolute atomic E-state index is 13.0. The summed E-state index contributed by atoms with van der Waals surface area (Å²) >= 11 is 2.26. The summed E-state index contributed by atoms with van der Waals surface area (Å²) in [6.45, 7) is -2.91. The summed E-state index contributed by atoms with van der Waals surface area (Å²) in [6.07, 6.45) is 0.666. The van der Waals surface area contributed by atoms with Gasteiger partial charge in [0.1, 0.15) is 17.4 Å². The Morgan fingerprint density at radius 1 is 1.26 bits per heavy atom. The van der Waals surface area contributed by atoms with Gasteiger partial charge in [-0.15, -0.1) is 0 Å². The van der Waals surface area contributed by atoms with Crippen molar-refractivity contribution in [3.8, 4) is 5.75 Å². The molecule has 3 aromatic rings. The standard InChI is InChI=1S/C19H15F2IN4O/c1-25-14-8-13(26-12-7-9(22)5-6-11(12)24-18(14)26)16-10(17(25)23)3-2-4-15(16)27-19(20)21/h2-7,13-14,19,23H,8H2,1H3/t13-,14-/m1/s1. The van der Waals surface area contributed by atoms with E-state index < -0.39 is 6.61 Å². The highest BCUT2D eigenvalue weighted by atomic mass is 127. The average Bonchev–Trinajstić information content (AvgIpc) is 3.14. The molecule has 0 amide bonds. The van der Waals surface area contributed by atoms with E-state index in [9.17, 15) is 8.78 Å². The zero-order valence-corrected chi connectivity index (χ0v) is 16.4. The predicted octanol–water partition coefficient (Wildman–Crippen LogP) is 4.55. The van der Waals surface area contributed by atoms with Crippen molar-refractivity contribution in [2.24, 2.45) is 0 Å². The highest BCUT2D eigenvalue weighted by molar-refractivity contribution is 14.1. The molecule has 1 aromatic heterocycles. The van der Waals surface area contributed by atoms with Gasteiger partial charge in [0.15, 0.2) is 0 Å². The average molecular weight is 480 g/mol. The largest absolute Gasteiger partial charge is 0.434 e. The smallest absolute Gasteiger partial charge is 0.387 e. The van der Waals surface area contributed by atoms with Crippen LogP contribution in [0, 0.1) is 8.98 Å². The van der Waals surface area contributed by atoms with Gasteiger partial charge >= 0.3 is 6.61 Å². The number of nitrogens with one attached hydrogen (secondary N) is 1. The van der Waals surface area contributed by atoms with Gasteiger partial charge in [0.2, 0.25) is 0 Å². The minimum Gasteiger partial charge on any atom is -0.434 e. The third-order valence-electron chi connectivity index (χ3n) is 5.43. The van der Waals surface area contributed by atoms with E-state index in [4.69, 9.17) is 15.1 Å². The van der Waals surface area contributed by atoms with Crippen LogP contribution < -0.4 is 4.74 Å². The lowest BCUT2D eigenvalue weighted by atomic mass is 9.97. The number of hydrogen-bond donors (Lipinski definition) is 1. The lowest BCUT2D eigenvalue weighted by molar-refractivity contribution is -0.0506. The van der Waals surface area contributed by atoms with Crippen molar-refractivity contribution in [2.45, 2.75) is 25.1 Å². The number of alkyl halides is 2. The molecule has 2 aliphatic rings. The molecule has 2 aliphatic heterocycles. The van der Waals surface area contributed by atoms with Crippen molar-refractivity contribution in [3.05, 3.63) is 56.9 Å². The van der Waals surface area contributed by atoms with Crippen molar-refractivity contribution in [2.75, 3.05) is 7.05 Å². The van der Waals surface area contributed by atoms with Crippen molar-refractivity contribution in [3.63, 3.8) is 0 Å². The highest BCUT2D eigenvalue weighted by Gasteiger charge is 2.43. The Morgan fingerprint density at radius 3 is 2.85 bits per heavy atom. The van der Waals surface area contributed by atoms with E-state index in [1.54, 1.807) is 18.2 Å². The van der Waals surface area contributed by atoms with Crippen LogP contribution in [0.3, 0.4) is 0 Å². The predicted molar refractivity (Wildman–Crippen MR) is 106 cm³/mol. The molecule has 0 radical (unpaired) electrons. The summed E-state index contributed by atoms with van der Waals surface area (Å²) in [5, 5.41) is 8.60. The first-order valence-corrected chi connectivity index (χ1v) is 9.60. The van der Waals surface area contributed by atoms with Crippen LogP contribution >= 0.6 is 22.6 Å². The van der Waals surface area contributed by atoms with Gasteiger partial charge in [0, 0.05) is 28.2 Å². The van der Waals surface area contributed by atoms with Crippen LogP contribution in [0.25, 0.3) is 11.0 Å². The fraction of sp³-hybridized carbons (Fsp3) is 0.263. The normalized spacial score (nSPS) is 20.8. The second-order valence-electron chi connectivity index (χ2n) is 6.80. The molecule has 1 N–H and O–H groups in total. The molecule has 0 saturated heterocycles. The maximum atomic E-state index is 13.0. The van der Waals surface area contributed by atoms with E-state index in [-0.39, 0.29) is 17.8 Å². The number of benzene rings is 2. The molecule has 0 saturated carbocycles. The Labute approximate surface area is 167 Å². The maximum Gasteiger partial charge on any atom is 0.387 e. The van der Waals surface area contributed by atoms with Gasteiger partial charge in [-0.25, -0.2) is 4.98 Å². The number of imidazole rings is 1. The molecular weight excluding hydrogens is 465 g/mol. The number of halogens is 3. The molecule has 5 nitrogen and oxygen atoms in total. The first-order valence-electron chi connectivity index (χ1n) is 8.52. The second-order valence-corrected chi connectivity index (χ2v) is 8.04. The molecule has 3 heterocycles. The Morgan fingerprint density at radius 2 is 2.07 bits per heavy atom. The Bertz CT molecular complexity index is 1100. The van der Waals surface area contributed by atoms with Gasteiger partial charge in [-0.3, -0.25) is 5.41 Å². The van der Waals surface area contributed by atoms with Crippen LogP contribution in [0.4, 0.5) is 8.78 Å². The number of hydrogen-bond acceptors (Lipinski definition) is 3. The van der Waals surface area contributed by atoms with Crippen LogP contribution in [0.5, 0.6) is 5.75 Å². The highest BCUT2D eigenvalue weighted by Crippen LogP contribution is 2.49. The SMILES string of the molecule is CN1C(=N)c2cccc(OC(F)F)c2[C@H]2C[C@@H]1c1nc3ccc(I)cc3n12.